The smallest absolute Gasteiger partial charge is 0.0543 e. The first-order chi connectivity index (χ1) is 26.5. The molecule has 0 spiro atoms. The van der Waals surface area contributed by atoms with Gasteiger partial charge in [0.15, 0.2) is 0 Å². The fraction of sp³-hybridized carbons (Fsp3) is 0.321. The second kappa shape index (κ2) is 11.3. The molecule has 11 rings (SSSR count). The lowest BCUT2D eigenvalue weighted by molar-refractivity contribution is 0.222. The molecule has 3 aliphatic carbocycles. The van der Waals surface area contributed by atoms with Gasteiger partial charge in [0, 0.05) is 34.6 Å². The SMILES string of the molecule is CC1(C)CCC2c3cc(-c4ccc5c(c4)Cc4cc(-c6ccc7c(c6)C6CCC(C)(C)C6(C)N7c6ccccc6)ccc4-5)ccc3N(c3ccccc3)C21C. The molecule has 55 heavy (non-hydrogen) atoms. The Morgan fingerprint density at radius 3 is 1.24 bits per heavy atom. The number of para-hydroxylation sites is 2. The van der Waals surface area contributed by atoms with Gasteiger partial charge < -0.3 is 9.80 Å². The van der Waals surface area contributed by atoms with E-state index in [0.29, 0.717) is 11.8 Å². The minimum absolute atomic E-state index is 0.0417. The summed E-state index contributed by atoms with van der Waals surface area (Å²) in [6.45, 7) is 15.0. The predicted octanol–water partition coefficient (Wildman–Crippen LogP) is 14.2. The topological polar surface area (TPSA) is 6.48 Å². The average molecular weight is 717 g/mol. The van der Waals surface area contributed by atoms with Crippen LogP contribution in [0.2, 0.25) is 0 Å². The van der Waals surface area contributed by atoms with Gasteiger partial charge in [0.2, 0.25) is 0 Å². The largest absolute Gasteiger partial charge is 0.334 e. The molecule has 5 aliphatic rings. The van der Waals surface area contributed by atoms with Gasteiger partial charge in [-0.25, -0.2) is 0 Å². The Labute approximate surface area is 327 Å². The van der Waals surface area contributed by atoms with Crippen LogP contribution in [0.3, 0.4) is 0 Å². The summed E-state index contributed by atoms with van der Waals surface area (Å²) in [6, 6.07) is 51.3. The lowest BCUT2D eigenvalue weighted by Gasteiger charge is -2.47. The molecular formula is C53H52N2. The van der Waals surface area contributed by atoms with E-state index in [-0.39, 0.29) is 21.9 Å². The van der Waals surface area contributed by atoms with E-state index in [0.717, 1.165) is 6.42 Å². The molecule has 0 aromatic heterocycles. The van der Waals surface area contributed by atoms with E-state index in [4.69, 9.17) is 0 Å². The molecule has 0 radical (unpaired) electrons. The third-order valence-electron chi connectivity index (χ3n) is 16.0. The van der Waals surface area contributed by atoms with Crippen molar-refractivity contribution in [1.29, 1.82) is 0 Å². The van der Waals surface area contributed by atoms with Gasteiger partial charge in [-0.2, -0.15) is 0 Å². The molecule has 2 aliphatic heterocycles. The van der Waals surface area contributed by atoms with Gasteiger partial charge in [-0.3, -0.25) is 0 Å². The molecule has 2 nitrogen and oxygen atoms in total. The highest BCUT2D eigenvalue weighted by molar-refractivity contribution is 5.86. The van der Waals surface area contributed by atoms with E-state index in [1.54, 1.807) is 0 Å². The maximum absolute atomic E-state index is 2.67. The zero-order valence-corrected chi connectivity index (χ0v) is 33.3. The third kappa shape index (κ3) is 4.37. The molecule has 0 saturated heterocycles. The molecule has 0 amide bonds. The van der Waals surface area contributed by atoms with Gasteiger partial charge in [0.05, 0.1) is 11.1 Å². The van der Waals surface area contributed by atoms with Crippen LogP contribution in [0.1, 0.15) is 101 Å². The summed E-state index contributed by atoms with van der Waals surface area (Å²) in [5.74, 6) is 1.04. The van der Waals surface area contributed by atoms with Crippen molar-refractivity contribution >= 4 is 22.7 Å². The van der Waals surface area contributed by atoms with Crippen LogP contribution in [0.25, 0.3) is 33.4 Å². The summed E-state index contributed by atoms with van der Waals surface area (Å²) in [6.07, 6.45) is 5.94. The fourth-order valence-electron chi connectivity index (χ4n) is 12.3. The van der Waals surface area contributed by atoms with Crippen molar-refractivity contribution in [2.75, 3.05) is 9.80 Å². The van der Waals surface area contributed by atoms with Crippen molar-refractivity contribution < 1.29 is 0 Å². The molecular weight excluding hydrogens is 665 g/mol. The van der Waals surface area contributed by atoms with Crippen LogP contribution < -0.4 is 9.80 Å². The highest BCUT2D eigenvalue weighted by Gasteiger charge is 2.62. The predicted molar refractivity (Wildman–Crippen MR) is 231 cm³/mol. The molecule has 4 unspecified atom stereocenters. The quantitative estimate of drug-likeness (QED) is 0.179. The van der Waals surface area contributed by atoms with E-state index in [2.05, 4.69) is 185 Å². The van der Waals surface area contributed by atoms with Gasteiger partial charge >= 0.3 is 0 Å². The van der Waals surface area contributed by atoms with Gasteiger partial charge in [0.25, 0.3) is 0 Å². The monoisotopic (exact) mass is 716 g/mol. The molecule has 2 saturated carbocycles. The van der Waals surface area contributed by atoms with Crippen molar-refractivity contribution in [3.05, 3.63) is 156 Å². The zero-order valence-electron chi connectivity index (χ0n) is 33.3. The first-order valence-corrected chi connectivity index (χ1v) is 20.8. The lowest BCUT2D eigenvalue weighted by Crippen LogP contribution is -2.50. The van der Waals surface area contributed by atoms with Crippen LogP contribution in [0.5, 0.6) is 0 Å². The first kappa shape index (κ1) is 33.3. The Balaban J connectivity index is 0.917. The van der Waals surface area contributed by atoms with Crippen LogP contribution in [0.15, 0.2) is 133 Å². The number of fused-ring (bicyclic) bond motifs is 9. The number of benzene rings is 6. The molecule has 6 aromatic rings. The first-order valence-electron chi connectivity index (χ1n) is 20.8. The average Bonchev–Trinajstić information content (AvgIpc) is 3.91. The molecule has 0 bridgehead atoms. The molecule has 2 heteroatoms. The summed E-state index contributed by atoms with van der Waals surface area (Å²) < 4.78 is 0. The molecule has 0 N–H and O–H groups in total. The summed E-state index contributed by atoms with van der Waals surface area (Å²) in [4.78, 5) is 5.35. The molecule has 274 valence electrons. The van der Waals surface area contributed by atoms with E-state index in [1.807, 2.05) is 0 Å². The van der Waals surface area contributed by atoms with E-state index >= 15 is 0 Å². The van der Waals surface area contributed by atoms with E-state index in [1.165, 1.54) is 104 Å². The molecule has 6 aromatic carbocycles. The number of anilines is 4. The normalized spacial score (nSPS) is 26.0. The van der Waals surface area contributed by atoms with Crippen LogP contribution in [0, 0.1) is 10.8 Å². The second-order valence-electron chi connectivity index (χ2n) is 19.1. The number of hydrogen-bond acceptors (Lipinski definition) is 2. The van der Waals surface area contributed by atoms with E-state index in [9.17, 15) is 0 Å². The van der Waals surface area contributed by atoms with Gasteiger partial charge in [-0.05, 0) is 161 Å². The van der Waals surface area contributed by atoms with Crippen molar-refractivity contribution in [3.8, 4) is 33.4 Å². The lowest BCUT2D eigenvalue weighted by atomic mass is 9.72. The summed E-state index contributed by atoms with van der Waals surface area (Å²) in [5, 5.41) is 0. The number of hydrogen-bond donors (Lipinski definition) is 0. The van der Waals surface area contributed by atoms with Gasteiger partial charge in [0.1, 0.15) is 0 Å². The molecule has 4 atom stereocenters. The zero-order chi connectivity index (χ0) is 37.5. The Morgan fingerprint density at radius 2 is 0.818 bits per heavy atom. The highest BCUT2D eigenvalue weighted by Crippen LogP contribution is 2.67. The Bertz CT molecular complexity index is 2350. The van der Waals surface area contributed by atoms with Crippen LogP contribution in [-0.2, 0) is 6.42 Å². The maximum atomic E-state index is 2.67. The fourth-order valence-corrected chi connectivity index (χ4v) is 12.3. The van der Waals surface area contributed by atoms with Crippen molar-refractivity contribution in [2.24, 2.45) is 10.8 Å². The Kier molecular flexibility index (Phi) is 6.81. The summed E-state index contributed by atoms with van der Waals surface area (Å²) in [7, 11) is 0. The molecule has 2 fully saturated rings. The maximum Gasteiger partial charge on any atom is 0.0543 e. The van der Waals surface area contributed by atoms with E-state index < -0.39 is 0 Å². The van der Waals surface area contributed by atoms with Crippen LogP contribution in [-0.4, -0.2) is 11.1 Å². The summed E-state index contributed by atoms with van der Waals surface area (Å²) >= 11 is 0. The highest BCUT2D eigenvalue weighted by atomic mass is 15.3. The second-order valence-corrected chi connectivity index (χ2v) is 19.1. The number of nitrogens with zero attached hydrogens (tertiary/aromatic N) is 2. The van der Waals surface area contributed by atoms with Crippen molar-refractivity contribution in [3.63, 3.8) is 0 Å². The minimum Gasteiger partial charge on any atom is -0.334 e. The standard InChI is InChI=1S/C53H52N2/c1-50(2)27-25-46-44-32-36(19-23-48(44)54(52(46,50)5)40-13-9-7-10-14-40)34-17-21-42-38(29-34)31-39-30-35(18-22-43(39)42)37-20-24-49-45(33-37)47-26-28-51(3,4)53(47,6)55(49)41-15-11-8-12-16-41/h7-24,29-30,32-33,46-47H,25-28,31H2,1-6H3. The van der Waals surface area contributed by atoms with Gasteiger partial charge in [-0.15, -0.1) is 0 Å². The van der Waals surface area contributed by atoms with Crippen LogP contribution in [0.4, 0.5) is 22.7 Å². The Morgan fingerprint density at radius 1 is 0.436 bits per heavy atom. The Hall–Kier alpha value is -5.08. The number of rotatable bonds is 4. The molecule has 2 heterocycles. The minimum atomic E-state index is 0.0417. The van der Waals surface area contributed by atoms with Crippen molar-refractivity contribution in [2.45, 2.75) is 96.6 Å². The van der Waals surface area contributed by atoms with Gasteiger partial charge in [-0.1, -0.05) is 113 Å². The summed E-state index contributed by atoms with van der Waals surface area (Å²) in [5.41, 5.74) is 19.9. The third-order valence-corrected chi connectivity index (χ3v) is 16.0. The van der Waals surface area contributed by atoms with Crippen molar-refractivity contribution in [1.82, 2.24) is 0 Å². The van der Waals surface area contributed by atoms with Crippen LogP contribution >= 0.6 is 0 Å².